The van der Waals surface area contributed by atoms with E-state index in [1.54, 1.807) is 16.7 Å². The highest BCUT2D eigenvalue weighted by atomic mass is 14.1. The van der Waals surface area contributed by atoms with Crippen LogP contribution in [0.1, 0.15) is 59.8 Å². The molecule has 0 saturated carbocycles. The van der Waals surface area contributed by atoms with Crippen LogP contribution in [0.5, 0.6) is 0 Å². The summed E-state index contributed by atoms with van der Waals surface area (Å²) in [5.41, 5.74) is 6.32. The smallest absolute Gasteiger partial charge is 0.0136 e. The van der Waals surface area contributed by atoms with Gasteiger partial charge in [0.25, 0.3) is 0 Å². The fourth-order valence-corrected chi connectivity index (χ4v) is 1.96. The second-order valence-electron chi connectivity index (χ2n) is 4.88. The Balaban J connectivity index is 2.80. The van der Waals surface area contributed by atoms with Crippen LogP contribution in [0.4, 0.5) is 0 Å². The minimum absolute atomic E-state index is 1.16. The van der Waals surface area contributed by atoms with E-state index in [9.17, 15) is 0 Å². The third-order valence-corrected chi connectivity index (χ3v) is 3.45. The summed E-state index contributed by atoms with van der Waals surface area (Å²) in [7, 11) is 0. The molecule has 0 nitrogen and oxygen atoms in total. The van der Waals surface area contributed by atoms with Crippen molar-refractivity contribution >= 4 is 0 Å². The number of hydrogen-bond acceptors (Lipinski definition) is 0. The highest BCUT2D eigenvalue weighted by molar-refractivity contribution is 5.19. The first-order valence-corrected chi connectivity index (χ1v) is 6.06. The molecule has 15 heavy (non-hydrogen) atoms. The molecule has 0 aromatic rings. The molecule has 0 radical (unpaired) electrons. The Morgan fingerprint density at radius 1 is 0.933 bits per heavy atom. The predicted molar refractivity (Wildman–Crippen MR) is 69.0 cm³/mol. The van der Waals surface area contributed by atoms with E-state index in [2.05, 4.69) is 39.8 Å². The molecule has 0 atom stereocenters. The summed E-state index contributed by atoms with van der Waals surface area (Å²) in [6.07, 6.45) is 10.8. The third kappa shape index (κ3) is 4.07. The van der Waals surface area contributed by atoms with Crippen molar-refractivity contribution in [3.63, 3.8) is 0 Å². The topological polar surface area (TPSA) is 0 Å². The maximum absolute atomic E-state index is 2.34. The minimum atomic E-state index is 1.16. The van der Waals surface area contributed by atoms with Crippen LogP contribution in [-0.4, -0.2) is 0 Å². The Morgan fingerprint density at radius 3 is 2.27 bits per heavy atom. The lowest BCUT2D eigenvalue weighted by atomic mass is 9.94. The lowest BCUT2D eigenvalue weighted by Gasteiger charge is -2.12. The van der Waals surface area contributed by atoms with E-state index < -0.39 is 0 Å². The molecule has 0 unspecified atom stereocenters. The number of allylic oxidation sites excluding steroid dienone is 6. The molecule has 0 saturated heterocycles. The van der Waals surface area contributed by atoms with Gasteiger partial charge in [-0.05, 0) is 59.8 Å². The van der Waals surface area contributed by atoms with E-state index in [0.717, 1.165) is 6.42 Å². The van der Waals surface area contributed by atoms with Crippen molar-refractivity contribution in [2.24, 2.45) is 0 Å². The standard InChI is InChI=1S/C15H24/c1-12(2)15-9-7-5-6-8-13(3)14(4)10-11-15/h5,7H,6,8-11H2,1-4H3/b7-5-,14-13-. The quantitative estimate of drug-likeness (QED) is 0.477. The van der Waals surface area contributed by atoms with Crippen molar-refractivity contribution < 1.29 is 0 Å². The highest BCUT2D eigenvalue weighted by Crippen LogP contribution is 2.23. The normalized spacial score (nSPS) is 26.3. The van der Waals surface area contributed by atoms with Crippen molar-refractivity contribution in [3.8, 4) is 0 Å². The van der Waals surface area contributed by atoms with Crippen LogP contribution in [0.3, 0.4) is 0 Å². The average molecular weight is 204 g/mol. The number of rotatable bonds is 0. The first-order chi connectivity index (χ1) is 7.11. The molecule has 0 aromatic heterocycles. The molecule has 1 aliphatic rings. The van der Waals surface area contributed by atoms with Crippen LogP contribution in [0.2, 0.25) is 0 Å². The van der Waals surface area contributed by atoms with Crippen molar-refractivity contribution in [2.75, 3.05) is 0 Å². The Labute approximate surface area is 94.8 Å². The molecule has 0 aromatic carbocycles. The van der Waals surface area contributed by atoms with Gasteiger partial charge in [-0.25, -0.2) is 0 Å². The summed E-state index contributed by atoms with van der Waals surface area (Å²) >= 11 is 0. The van der Waals surface area contributed by atoms with E-state index in [0.29, 0.717) is 0 Å². The molecule has 0 heterocycles. The van der Waals surface area contributed by atoms with E-state index in [4.69, 9.17) is 0 Å². The van der Waals surface area contributed by atoms with E-state index in [-0.39, 0.29) is 0 Å². The molecular formula is C15H24. The van der Waals surface area contributed by atoms with Gasteiger partial charge >= 0.3 is 0 Å². The van der Waals surface area contributed by atoms with Crippen molar-refractivity contribution in [3.05, 3.63) is 34.4 Å². The maximum atomic E-state index is 2.34. The van der Waals surface area contributed by atoms with Crippen molar-refractivity contribution in [1.29, 1.82) is 0 Å². The van der Waals surface area contributed by atoms with Crippen LogP contribution in [0, 0.1) is 0 Å². The third-order valence-electron chi connectivity index (χ3n) is 3.45. The van der Waals surface area contributed by atoms with Gasteiger partial charge in [0.15, 0.2) is 0 Å². The van der Waals surface area contributed by atoms with Gasteiger partial charge in [0.1, 0.15) is 0 Å². The van der Waals surface area contributed by atoms with Gasteiger partial charge in [-0.1, -0.05) is 34.4 Å². The van der Waals surface area contributed by atoms with Gasteiger partial charge in [0.05, 0.1) is 0 Å². The fourth-order valence-electron chi connectivity index (χ4n) is 1.96. The van der Waals surface area contributed by atoms with E-state index in [1.807, 2.05) is 0 Å². The molecule has 0 aliphatic heterocycles. The van der Waals surface area contributed by atoms with Gasteiger partial charge in [-0.2, -0.15) is 0 Å². The summed E-state index contributed by atoms with van der Waals surface area (Å²) < 4.78 is 0. The average Bonchev–Trinajstić information content (AvgIpc) is 2.20. The SMILES string of the molecule is CC(C)=C1C/C=C\CC/C(C)=C(/C)CC1. The van der Waals surface area contributed by atoms with E-state index >= 15 is 0 Å². The molecule has 0 bridgehead atoms. The van der Waals surface area contributed by atoms with Gasteiger partial charge in [-0.3, -0.25) is 0 Å². The monoisotopic (exact) mass is 204 g/mol. The zero-order valence-corrected chi connectivity index (χ0v) is 10.7. The zero-order valence-electron chi connectivity index (χ0n) is 10.7. The molecule has 84 valence electrons. The number of hydrogen-bond donors (Lipinski definition) is 0. The van der Waals surface area contributed by atoms with Gasteiger partial charge in [0.2, 0.25) is 0 Å². The van der Waals surface area contributed by atoms with E-state index in [1.165, 1.54) is 31.3 Å². The Morgan fingerprint density at radius 2 is 1.60 bits per heavy atom. The van der Waals surface area contributed by atoms with Crippen LogP contribution in [0.15, 0.2) is 34.4 Å². The molecule has 0 amide bonds. The van der Waals surface area contributed by atoms with Crippen LogP contribution >= 0.6 is 0 Å². The minimum Gasteiger partial charge on any atom is -0.0879 e. The molecular weight excluding hydrogens is 180 g/mol. The first kappa shape index (κ1) is 12.3. The molecule has 1 aliphatic carbocycles. The fraction of sp³-hybridized carbons (Fsp3) is 0.600. The lowest BCUT2D eigenvalue weighted by molar-refractivity contribution is 0.833. The summed E-state index contributed by atoms with van der Waals surface area (Å²) in [6.45, 7) is 9.05. The molecule has 0 spiro atoms. The van der Waals surface area contributed by atoms with Crippen LogP contribution < -0.4 is 0 Å². The summed E-state index contributed by atoms with van der Waals surface area (Å²) in [5, 5.41) is 0. The second-order valence-corrected chi connectivity index (χ2v) is 4.88. The predicted octanol–water partition coefficient (Wildman–Crippen LogP) is 5.18. The first-order valence-electron chi connectivity index (χ1n) is 6.06. The molecule has 0 fully saturated rings. The maximum Gasteiger partial charge on any atom is -0.0136 e. The van der Waals surface area contributed by atoms with Crippen LogP contribution in [-0.2, 0) is 0 Å². The van der Waals surface area contributed by atoms with Gasteiger partial charge in [0, 0.05) is 0 Å². The highest BCUT2D eigenvalue weighted by Gasteiger charge is 2.03. The lowest BCUT2D eigenvalue weighted by Crippen LogP contribution is -1.92. The largest absolute Gasteiger partial charge is 0.0879 e. The molecule has 1 rings (SSSR count). The van der Waals surface area contributed by atoms with Gasteiger partial charge in [-0.15, -0.1) is 0 Å². The molecule has 0 N–H and O–H groups in total. The molecule has 0 heteroatoms. The van der Waals surface area contributed by atoms with Crippen molar-refractivity contribution in [2.45, 2.75) is 59.8 Å². The summed E-state index contributed by atoms with van der Waals surface area (Å²) in [4.78, 5) is 0. The summed E-state index contributed by atoms with van der Waals surface area (Å²) in [6, 6.07) is 0. The van der Waals surface area contributed by atoms with Gasteiger partial charge < -0.3 is 0 Å². The second kappa shape index (κ2) is 5.95. The summed E-state index contributed by atoms with van der Waals surface area (Å²) in [5.74, 6) is 0. The van der Waals surface area contributed by atoms with Crippen LogP contribution in [0.25, 0.3) is 0 Å². The Kier molecular flexibility index (Phi) is 4.87. The Bertz CT molecular complexity index is 296. The Hall–Kier alpha value is -0.780. The zero-order chi connectivity index (χ0) is 11.3. The van der Waals surface area contributed by atoms with Crippen molar-refractivity contribution in [1.82, 2.24) is 0 Å².